The predicted octanol–water partition coefficient (Wildman–Crippen LogP) is 2.89. The second-order valence-corrected chi connectivity index (χ2v) is 3.61. The second-order valence-electron chi connectivity index (χ2n) is 3.61. The van der Waals surface area contributed by atoms with Crippen molar-refractivity contribution in [3.05, 3.63) is 42.5 Å². The Balaban J connectivity index is 2.12. The van der Waals surface area contributed by atoms with E-state index in [9.17, 15) is 0 Å². The predicted molar refractivity (Wildman–Crippen MR) is 58.2 cm³/mol. The number of hydrogen-bond donors (Lipinski definition) is 0. The highest BCUT2D eigenvalue weighted by atomic mass is 15.1. The Morgan fingerprint density at radius 3 is 2.86 bits per heavy atom. The zero-order chi connectivity index (χ0) is 9.80. The Hall–Kier alpha value is -1.31. The number of allylic oxidation sites excluding steroid dienone is 4. The third-order valence-corrected chi connectivity index (χ3v) is 2.55. The zero-order valence-corrected chi connectivity index (χ0v) is 8.56. The van der Waals surface area contributed by atoms with Gasteiger partial charge >= 0.3 is 0 Å². The van der Waals surface area contributed by atoms with Crippen LogP contribution in [0.15, 0.2) is 36.7 Å². The van der Waals surface area contributed by atoms with Crippen LogP contribution in [-0.4, -0.2) is 9.55 Å². The summed E-state index contributed by atoms with van der Waals surface area (Å²) in [4.78, 5) is 4.39. The summed E-state index contributed by atoms with van der Waals surface area (Å²) in [5.41, 5.74) is 0. The standard InChI is InChI=1S/C12H16N2/c1-2-3-8-12-13-9-10-14(12)11-6-4-5-7-11/h4-7,9-11H,2-3,8H2,1H3. The number of aryl methyl sites for hydroxylation is 1. The highest BCUT2D eigenvalue weighted by molar-refractivity contribution is 5.21. The summed E-state index contributed by atoms with van der Waals surface area (Å²) in [6.07, 6.45) is 16.1. The third kappa shape index (κ3) is 1.79. The Kier molecular flexibility index (Phi) is 2.82. The van der Waals surface area contributed by atoms with Gasteiger partial charge in [-0.1, -0.05) is 37.6 Å². The minimum atomic E-state index is 0.393. The fraction of sp³-hybridized carbons (Fsp3) is 0.417. The summed E-state index contributed by atoms with van der Waals surface area (Å²) < 4.78 is 2.25. The van der Waals surface area contributed by atoms with Crippen molar-refractivity contribution in [3.8, 4) is 0 Å². The van der Waals surface area contributed by atoms with E-state index in [0.29, 0.717) is 6.04 Å². The van der Waals surface area contributed by atoms with Gasteiger partial charge in [-0.3, -0.25) is 0 Å². The van der Waals surface area contributed by atoms with Crippen molar-refractivity contribution in [3.63, 3.8) is 0 Å². The van der Waals surface area contributed by atoms with Gasteiger partial charge in [-0.2, -0.15) is 0 Å². The highest BCUT2D eigenvalue weighted by Crippen LogP contribution is 2.18. The molecular weight excluding hydrogens is 172 g/mol. The second kappa shape index (κ2) is 4.27. The Morgan fingerprint density at radius 2 is 2.14 bits per heavy atom. The molecule has 0 radical (unpaired) electrons. The van der Waals surface area contributed by atoms with E-state index >= 15 is 0 Å². The Bertz CT molecular complexity index is 335. The molecule has 2 nitrogen and oxygen atoms in total. The van der Waals surface area contributed by atoms with E-state index in [0.717, 1.165) is 6.42 Å². The molecule has 0 spiro atoms. The summed E-state index contributed by atoms with van der Waals surface area (Å²) in [6, 6.07) is 0.393. The molecule has 1 aromatic rings. The van der Waals surface area contributed by atoms with Crippen LogP contribution in [0.4, 0.5) is 0 Å². The molecule has 0 fully saturated rings. The molecule has 0 saturated heterocycles. The maximum Gasteiger partial charge on any atom is 0.109 e. The van der Waals surface area contributed by atoms with Crippen LogP contribution in [0.5, 0.6) is 0 Å². The number of rotatable bonds is 4. The fourth-order valence-corrected chi connectivity index (χ4v) is 1.75. The first-order valence-electron chi connectivity index (χ1n) is 5.28. The first kappa shape index (κ1) is 9.25. The average Bonchev–Trinajstić information content (AvgIpc) is 2.84. The molecule has 14 heavy (non-hydrogen) atoms. The molecule has 0 bridgehead atoms. The number of imidazole rings is 1. The lowest BCUT2D eigenvalue weighted by Crippen LogP contribution is -2.06. The number of nitrogens with zero attached hydrogens (tertiary/aromatic N) is 2. The van der Waals surface area contributed by atoms with E-state index in [1.54, 1.807) is 0 Å². The average molecular weight is 188 g/mol. The van der Waals surface area contributed by atoms with Crippen LogP contribution in [0, 0.1) is 0 Å². The molecule has 2 heteroatoms. The van der Waals surface area contributed by atoms with E-state index in [1.807, 2.05) is 6.20 Å². The maximum absolute atomic E-state index is 4.39. The lowest BCUT2D eigenvalue weighted by molar-refractivity contribution is 0.644. The van der Waals surface area contributed by atoms with Crippen molar-refractivity contribution in [2.45, 2.75) is 32.2 Å². The van der Waals surface area contributed by atoms with Crippen molar-refractivity contribution >= 4 is 0 Å². The molecule has 0 saturated carbocycles. The lowest BCUT2D eigenvalue weighted by atomic mass is 10.2. The summed E-state index contributed by atoms with van der Waals surface area (Å²) in [5, 5.41) is 0. The van der Waals surface area contributed by atoms with E-state index in [1.165, 1.54) is 18.7 Å². The molecule has 0 unspecified atom stereocenters. The van der Waals surface area contributed by atoms with Crippen LogP contribution in [-0.2, 0) is 6.42 Å². The molecule has 0 aliphatic heterocycles. The molecule has 1 aromatic heterocycles. The van der Waals surface area contributed by atoms with Gasteiger partial charge in [-0.25, -0.2) is 4.98 Å². The number of aromatic nitrogens is 2. The summed E-state index contributed by atoms with van der Waals surface area (Å²) in [7, 11) is 0. The van der Waals surface area contributed by atoms with E-state index < -0.39 is 0 Å². The van der Waals surface area contributed by atoms with Crippen LogP contribution in [0.3, 0.4) is 0 Å². The van der Waals surface area contributed by atoms with Gasteiger partial charge in [0.1, 0.15) is 5.82 Å². The van der Waals surface area contributed by atoms with Crippen molar-refractivity contribution in [1.29, 1.82) is 0 Å². The maximum atomic E-state index is 4.39. The molecule has 74 valence electrons. The molecule has 1 aliphatic carbocycles. The molecule has 0 N–H and O–H groups in total. The Morgan fingerprint density at radius 1 is 1.36 bits per heavy atom. The SMILES string of the molecule is CCCCc1nccn1C1C=CC=C1. The van der Waals surface area contributed by atoms with Crippen LogP contribution in [0.25, 0.3) is 0 Å². The molecule has 2 rings (SSSR count). The van der Waals surface area contributed by atoms with Gasteiger partial charge in [0, 0.05) is 18.8 Å². The monoisotopic (exact) mass is 188 g/mol. The molecule has 0 atom stereocenters. The van der Waals surface area contributed by atoms with Crippen LogP contribution in [0.2, 0.25) is 0 Å². The quantitative estimate of drug-likeness (QED) is 0.710. The van der Waals surface area contributed by atoms with E-state index in [4.69, 9.17) is 0 Å². The van der Waals surface area contributed by atoms with Crippen molar-refractivity contribution in [1.82, 2.24) is 9.55 Å². The fourth-order valence-electron chi connectivity index (χ4n) is 1.75. The Labute approximate surface area is 85.0 Å². The molecule has 1 heterocycles. The van der Waals surface area contributed by atoms with Gasteiger partial charge in [0.15, 0.2) is 0 Å². The zero-order valence-electron chi connectivity index (χ0n) is 8.56. The smallest absolute Gasteiger partial charge is 0.109 e. The molecule has 0 aromatic carbocycles. The minimum absolute atomic E-state index is 0.393. The van der Waals surface area contributed by atoms with Gasteiger partial charge < -0.3 is 4.57 Å². The van der Waals surface area contributed by atoms with E-state index in [2.05, 4.69) is 47.0 Å². The number of hydrogen-bond acceptors (Lipinski definition) is 1. The van der Waals surface area contributed by atoms with Gasteiger partial charge in [-0.05, 0) is 6.42 Å². The lowest BCUT2D eigenvalue weighted by Gasteiger charge is -2.11. The van der Waals surface area contributed by atoms with Gasteiger partial charge in [0.25, 0.3) is 0 Å². The summed E-state index contributed by atoms with van der Waals surface area (Å²) in [5.74, 6) is 1.20. The van der Waals surface area contributed by atoms with Crippen molar-refractivity contribution in [2.75, 3.05) is 0 Å². The summed E-state index contributed by atoms with van der Waals surface area (Å²) in [6.45, 7) is 2.21. The summed E-state index contributed by atoms with van der Waals surface area (Å²) >= 11 is 0. The first-order valence-corrected chi connectivity index (χ1v) is 5.28. The van der Waals surface area contributed by atoms with Crippen molar-refractivity contribution in [2.24, 2.45) is 0 Å². The van der Waals surface area contributed by atoms with Crippen LogP contribution >= 0.6 is 0 Å². The van der Waals surface area contributed by atoms with Crippen LogP contribution in [0.1, 0.15) is 31.6 Å². The molecule has 1 aliphatic rings. The van der Waals surface area contributed by atoms with Crippen molar-refractivity contribution < 1.29 is 0 Å². The van der Waals surface area contributed by atoms with Crippen LogP contribution < -0.4 is 0 Å². The molecular formula is C12H16N2. The van der Waals surface area contributed by atoms with Gasteiger partial charge in [-0.15, -0.1) is 0 Å². The van der Waals surface area contributed by atoms with E-state index in [-0.39, 0.29) is 0 Å². The molecule has 0 amide bonds. The van der Waals surface area contributed by atoms with Gasteiger partial charge in [0.2, 0.25) is 0 Å². The number of unbranched alkanes of at least 4 members (excludes halogenated alkanes) is 1. The first-order chi connectivity index (χ1) is 6.92. The topological polar surface area (TPSA) is 17.8 Å². The largest absolute Gasteiger partial charge is 0.325 e. The normalized spacial score (nSPS) is 15.5. The van der Waals surface area contributed by atoms with Gasteiger partial charge in [0.05, 0.1) is 6.04 Å². The minimum Gasteiger partial charge on any atom is -0.325 e. The third-order valence-electron chi connectivity index (χ3n) is 2.55. The highest BCUT2D eigenvalue weighted by Gasteiger charge is 2.09.